The van der Waals surface area contributed by atoms with Crippen LogP contribution in [0.15, 0.2) is 0 Å². The molecular formula is H4LiO4PSc. The van der Waals surface area contributed by atoms with E-state index in [9.17, 15) is 0 Å². The fourth-order valence-electron chi connectivity index (χ4n) is 0. The van der Waals surface area contributed by atoms with Crippen LogP contribution >= 0.6 is 7.82 Å². The van der Waals surface area contributed by atoms with Crippen molar-refractivity contribution >= 4 is 26.7 Å². The van der Waals surface area contributed by atoms with E-state index in [1.807, 2.05) is 0 Å². The molecule has 0 aromatic heterocycles. The van der Waals surface area contributed by atoms with E-state index in [0.29, 0.717) is 0 Å². The van der Waals surface area contributed by atoms with E-state index in [0.717, 1.165) is 0 Å². The van der Waals surface area contributed by atoms with Gasteiger partial charge in [-0.15, -0.1) is 0 Å². The summed E-state index contributed by atoms with van der Waals surface area (Å²) in [5.41, 5.74) is 0. The number of rotatable bonds is 0. The molecular weight excluding hydrogens is 147 g/mol. The third kappa shape index (κ3) is 94.7. The summed E-state index contributed by atoms with van der Waals surface area (Å²) in [5, 5.41) is 0. The molecule has 0 aromatic carbocycles. The SMILES string of the molecule is O=P(O)(O)O.[LiH].[Sc]. The van der Waals surface area contributed by atoms with Crippen molar-refractivity contribution in [3.63, 3.8) is 0 Å². The molecule has 0 aliphatic carbocycles. The molecule has 4 nitrogen and oxygen atoms in total. The van der Waals surface area contributed by atoms with Gasteiger partial charge in [-0.3, -0.25) is 0 Å². The summed E-state index contributed by atoms with van der Waals surface area (Å²) in [6.07, 6.45) is 0. The van der Waals surface area contributed by atoms with Crippen LogP contribution in [-0.4, -0.2) is 33.5 Å². The predicted octanol–water partition coefficient (Wildman–Crippen LogP) is -1.58. The molecule has 37 valence electrons. The van der Waals surface area contributed by atoms with Crippen molar-refractivity contribution in [1.29, 1.82) is 0 Å². The van der Waals surface area contributed by atoms with E-state index in [2.05, 4.69) is 0 Å². The molecule has 7 heavy (non-hydrogen) atoms. The van der Waals surface area contributed by atoms with Crippen LogP contribution in [0.5, 0.6) is 0 Å². The van der Waals surface area contributed by atoms with Crippen molar-refractivity contribution in [3.8, 4) is 0 Å². The summed E-state index contributed by atoms with van der Waals surface area (Å²) in [7, 11) is -4.64. The third-order valence-corrected chi connectivity index (χ3v) is 0. The summed E-state index contributed by atoms with van der Waals surface area (Å²) in [6, 6.07) is 0. The summed E-state index contributed by atoms with van der Waals surface area (Å²) < 4.78 is 8.88. The second kappa shape index (κ2) is 5.71. The van der Waals surface area contributed by atoms with Crippen LogP contribution in [0.1, 0.15) is 0 Å². The first-order valence-corrected chi connectivity index (χ1v) is 2.35. The van der Waals surface area contributed by atoms with Crippen LogP contribution in [0.3, 0.4) is 0 Å². The Morgan fingerprint density at radius 3 is 1.14 bits per heavy atom. The molecule has 0 aromatic rings. The first-order chi connectivity index (χ1) is 2.00. The monoisotopic (exact) mass is 151 g/mol. The maximum absolute atomic E-state index is 8.88. The molecule has 0 rings (SSSR count). The average Bonchev–Trinajstić information content (AvgIpc) is 0.722. The Bertz CT molecular complexity index is 57.8. The van der Waals surface area contributed by atoms with Gasteiger partial charge in [0.1, 0.15) is 0 Å². The Labute approximate surface area is 71.5 Å². The normalized spacial score (nSPS) is 8.43. The minimum absolute atomic E-state index is 0. The Balaban J connectivity index is -0.0000000800. The Hall–Kier alpha value is 1.58. The summed E-state index contributed by atoms with van der Waals surface area (Å²) >= 11 is 0. The van der Waals surface area contributed by atoms with E-state index in [1.165, 1.54) is 0 Å². The molecule has 0 aliphatic rings. The van der Waals surface area contributed by atoms with Gasteiger partial charge in [-0.1, -0.05) is 0 Å². The van der Waals surface area contributed by atoms with Gasteiger partial charge < -0.3 is 14.7 Å². The zero-order valence-corrected chi connectivity index (χ0v) is 5.47. The van der Waals surface area contributed by atoms with Crippen molar-refractivity contribution in [2.75, 3.05) is 0 Å². The van der Waals surface area contributed by atoms with Crippen molar-refractivity contribution in [1.82, 2.24) is 0 Å². The first kappa shape index (κ1) is 15.8. The third-order valence-electron chi connectivity index (χ3n) is 0. The fourth-order valence-corrected chi connectivity index (χ4v) is 0. The largest absolute Gasteiger partial charge is 0 e. The fraction of sp³-hybridized carbons (Fsp3) is 0. The number of hydrogen-bond acceptors (Lipinski definition) is 1. The Kier molecular flexibility index (Phi) is 12.9. The zero-order valence-electron chi connectivity index (χ0n) is 2.77. The van der Waals surface area contributed by atoms with Crippen molar-refractivity contribution in [2.24, 2.45) is 0 Å². The van der Waals surface area contributed by atoms with Crippen LogP contribution in [0, 0.1) is 0 Å². The van der Waals surface area contributed by atoms with Crippen molar-refractivity contribution < 1.29 is 45.1 Å². The molecule has 0 spiro atoms. The van der Waals surface area contributed by atoms with E-state index in [-0.39, 0.29) is 44.7 Å². The molecule has 3 N–H and O–H groups in total. The van der Waals surface area contributed by atoms with Crippen LogP contribution in [0.2, 0.25) is 0 Å². The second-order valence-corrected chi connectivity index (χ2v) is 1.54. The Morgan fingerprint density at radius 2 is 1.14 bits per heavy atom. The molecule has 0 saturated carbocycles. The van der Waals surface area contributed by atoms with Gasteiger partial charge in [-0.25, -0.2) is 4.57 Å². The Morgan fingerprint density at radius 1 is 1.14 bits per heavy atom. The molecule has 0 unspecified atom stereocenters. The maximum Gasteiger partial charge on any atom is 0 e. The van der Waals surface area contributed by atoms with Crippen LogP contribution in [-0.2, 0) is 30.4 Å². The van der Waals surface area contributed by atoms with Gasteiger partial charge in [0.05, 0.1) is 0 Å². The first-order valence-electron chi connectivity index (χ1n) is 0.783. The molecule has 1 radical (unpaired) electrons. The van der Waals surface area contributed by atoms with E-state index < -0.39 is 7.82 Å². The molecule has 7 heteroatoms. The van der Waals surface area contributed by atoms with E-state index in [4.69, 9.17) is 19.2 Å². The number of phosphoric acid groups is 1. The molecule has 0 atom stereocenters. The minimum atomic E-state index is -4.64. The van der Waals surface area contributed by atoms with Crippen LogP contribution < -0.4 is 0 Å². The van der Waals surface area contributed by atoms with E-state index in [1.54, 1.807) is 0 Å². The smallest absolute Gasteiger partial charge is 0 e. The molecule has 0 saturated heterocycles. The number of hydrogen-bond donors (Lipinski definition) is 3. The van der Waals surface area contributed by atoms with Gasteiger partial charge in [0, 0.05) is 25.8 Å². The summed E-state index contributed by atoms with van der Waals surface area (Å²) in [5.74, 6) is 0. The van der Waals surface area contributed by atoms with Crippen molar-refractivity contribution in [3.05, 3.63) is 0 Å². The molecule has 0 amide bonds. The maximum atomic E-state index is 8.88. The predicted molar refractivity (Wildman–Crippen MR) is 21.4 cm³/mol. The van der Waals surface area contributed by atoms with Crippen LogP contribution in [0.25, 0.3) is 0 Å². The summed E-state index contributed by atoms with van der Waals surface area (Å²) in [6.45, 7) is 0. The van der Waals surface area contributed by atoms with Gasteiger partial charge in [0.25, 0.3) is 0 Å². The minimum Gasteiger partial charge on any atom is 0 e. The van der Waals surface area contributed by atoms with Crippen LogP contribution in [0.4, 0.5) is 0 Å². The van der Waals surface area contributed by atoms with Gasteiger partial charge >= 0.3 is 26.7 Å². The van der Waals surface area contributed by atoms with E-state index >= 15 is 0 Å². The topological polar surface area (TPSA) is 77.8 Å². The average molecular weight is 151 g/mol. The quantitative estimate of drug-likeness (QED) is 0.288. The standard InChI is InChI=1S/Li.H3O4P.Sc.H/c;1-5(2,3)4;;/h;(H3,1,2,3,4);;. The molecule has 0 fully saturated rings. The van der Waals surface area contributed by atoms with Gasteiger partial charge in [0.2, 0.25) is 0 Å². The zero-order chi connectivity index (χ0) is 4.50. The molecule has 0 aliphatic heterocycles. The van der Waals surface area contributed by atoms with Crippen molar-refractivity contribution in [2.45, 2.75) is 0 Å². The molecule has 0 bridgehead atoms. The van der Waals surface area contributed by atoms with Gasteiger partial charge in [-0.05, 0) is 0 Å². The van der Waals surface area contributed by atoms with Gasteiger partial charge in [0.15, 0.2) is 0 Å². The second-order valence-electron chi connectivity index (χ2n) is 0.513. The summed E-state index contributed by atoms with van der Waals surface area (Å²) in [4.78, 5) is 21.6. The molecule has 0 heterocycles. The van der Waals surface area contributed by atoms with Gasteiger partial charge in [-0.2, -0.15) is 0 Å².